The summed E-state index contributed by atoms with van der Waals surface area (Å²) in [5.74, 6) is -1.39. The van der Waals surface area contributed by atoms with Gasteiger partial charge in [0, 0.05) is 18.2 Å². The summed E-state index contributed by atoms with van der Waals surface area (Å²) in [4.78, 5) is 7.64. The van der Waals surface area contributed by atoms with Crippen LogP contribution in [0.25, 0.3) is 5.70 Å². The molecule has 1 aromatic carbocycles. The second-order valence-corrected chi connectivity index (χ2v) is 5.35. The lowest BCUT2D eigenvalue weighted by Gasteiger charge is -2.10. The fourth-order valence-electron chi connectivity index (χ4n) is 2.23. The summed E-state index contributed by atoms with van der Waals surface area (Å²) >= 11 is 0. The van der Waals surface area contributed by atoms with Crippen molar-refractivity contribution >= 4 is 11.4 Å². The van der Waals surface area contributed by atoms with Crippen molar-refractivity contribution in [2.75, 3.05) is 7.11 Å². The van der Waals surface area contributed by atoms with Crippen LogP contribution in [0.2, 0.25) is 0 Å². The predicted molar refractivity (Wildman–Crippen MR) is 93.1 cm³/mol. The van der Waals surface area contributed by atoms with Gasteiger partial charge in [0.2, 0.25) is 5.82 Å². The molecule has 27 heavy (non-hydrogen) atoms. The van der Waals surface area contributed by atoms with Gasteiger partial charge < -0.3 is 14.6 Å². The third kappa shape index (κ3) is 4.32. The van der Waals surface area contributed by atoms with Crippen molar-refractivity contribution in [1.29, 1.82) is 5.41 Å². The number of rotatable bonds is 7. The molecule has 0 saturated carbocycles. The van der Waals surface area contributed by atoms with E-state index in [-0.39, 0.29) is 29.8 Å². The third-order valence-electron chi connectivity index (χ3n) is 3.58. The first-order valence-electron chi connectivity index (χ1n) is 7.83. The van der Waals surface area contributed by atoms with E-state index in [4.69, 9.17) is 14.7 Å². The van der Waals surface area contributed by atoms with E-state index in [2.05, 4.69) is 20.4 Å². The maximum atomic E-state index is 13.8. The first-order chi connectivity index (χ1) is 13.1. The first-order valence-corrected chi connectivity index (χ1v) is 7.83. The number of hydrogen-bond donors (Lipinski definition) is 2. The van der Waals surface area contributed by atoms with E-state index in [0.717, 1.165) is 6.20 Å². The summed E-state index contributed by atoms with van der Waals surface area (Å²) in [6, 6.07) is 7.90. The zero-order valence-corrected chi connectivity index (χ0v) is 14.2. The summed E-state index contributed by atoms with van der Waals surface area (Å²) in [5.41, 5.74) is 1.12. The van der Waals surface area contributed by atoms with Crippen LogP contribution in [0.5, 0.6) is 5.88 Å². The molecule has 2 heterocycles. The van der Waals surface area contributed by atoms with E-state index in [9.17, 15) is 8.78 Å². The van der Waals surface area contributed by atoms with Crippen LogP contribution in [0, 0.1) is 17.0 Å². The molecule has 0 aliphatic rings. The molecule has 0 fully saturated rings. The lowest BCUT2D eigenvalue weighted by Crippen LogP contribution is -2.15. The zero-order valence-electron chi connectivity index (χ0n) is 14.2. The second kappa shape index (κ2) is 8.17. The Bertz CT molecular complexity index is 974. The Hall–Kier alpha value is -3.62. The molecule has 3 rings (SSSR count). The fourth-order valence-corrected chi connectivity index (χ4v) is 2.23. The van der Waals surface area contributed by atoms with Crippen molar-refractivity contribution < 1.29 is 18.0 Å². The van der Waals surface area contributed by atoms with Crippen LogP contribution in [0.1, 0.15) is 17.1 Å². The van der Waals surface area contributed by atoms with Gasteiger partial charge in [0.25, 0.3) is 5.88 Å². The van der Waals surface area contributed by atoms with Gasteiger partial charge >= 0.3 is 0 Å². The molecule has 0 saturated heterocycles. The van der Waals surface area contributed by atoms with Gasteiger partial charge in [-0.3, -0.25) is 5.41 Å². The average Bonchev–Trinajstić information content (AvgIpc) is 3.21. The summed E-state index contributed by atoms with van der Waals surface area (Å²) in [5, 5.41) is 15.0. The van der Waals surface area contributed by atoms with Crippen LogP contribution < -0.4 is 10.1 Å². The highest BCUT2D eigenvalue weighted by Crippen LogP contribution is 2.15. The minimum atomic E-state index is -0.729. The molecule has 3 aromatic rings. The van der Waals surface area contributed by atoms with Crippen molar-refractivity contribution in [1.82, 2.24) is 20.4 Å². The molecule has 0 amide bonds. The Morgan fingerprint density at radius 3 is 2.78 bits per heavy atom. The highest BCUT2D eigenvalue weighted by molar-refractivity contribution is 6.07. The molecule has 0 spiro atoms. The number of methoxy groups -OCH3 is 1. The van der Waals surface area contributed by atoms with E-state index in [1.54, 1.807) is 24.3 Å². The van der Waals surface area contributed by atoms with Gasteiger partial charge in [-0.2, -0.15) is 9.37 Å². The zero-order chi connectivity index (χ0) is 19.2. The topological polar surface area (TPSA) is 96.9 Å². The third-order valence-corrected chi connectivity index (χ3v) is 3.58. The molecule has 2 aromatic heterocycles. The van der Waals surface area contributed by atoms with Gasteiger partial charge in [0.05, 0.1) is 19.0 Å². The van der Waals surface area contributed by atoms with Gasteiger partial charge in [-0.15, -0.1) is 0 Å². The van der Waals surface area contributed by atoms with E-state index in [1.807, 2.05) is 0 Å². The average molecular weight is 371 g/mol. The van der Waals surface area contributed by atoms with E-state index in [0.29, 0.717) is 17.0 Å². The highest BCUT2D eigenvalue weighted by Gasteiger charge is 2.13. The Morgan fingerprint density at radius 2 is 2.07 bits per heavy atom. The van der Waals surface area contributed by atoms with Crippen molar-refractivity contribution in [2.45, 2.75) is 6.54 Å². The molecule has 7 nitrogen and oxygen atoms in total. The van der Waals surface area contributed by atoms with Gasteiger partial charge in [-0.25, -0.2) is 9.37 Å². The lowest BCUT2D eigenvalue weighted by molar-refractivity contribution is 0.366. The SMILES string of the molecule is COc1nc(C(=N)/C=C(\NCc2ccccc2F)c2ccon2)ncc1F. The van der Waals surface area contributed by atoms with Crippen LogP contribution in [0.3, 0.4) is 0 Å². The summed E-state index contributed by atoms with van der Waals surface area (Å²) < 4.78 is 36.9. The van der Waals surface area contributed by atoms with Crippen LogP contribution in [-0.4, -0.2) is 27.9 Å². The summed E-state index contributed by atoms with van der Waals surface area (Å²) in [6.45, 7) is 0.159. The molecule has 0 radical (unpaired) electrons. The van der Waals surface area contributed by atoms with E-state index >= 15 is 0 Å². The van der Waals surface area contributed by atoms with Crippen molar-refractivity contribution in [3.05, 3.63) is 77.6 Å². The number of nitrogens with zero attached hydrogens (tertiary/aromatic N) is 3. The maximum Gasteiger partial charge on any atom is 0.253 e. The fraction of sp³-hybridized carbons (Fsp3) is 0.111. The maximum absolute atomic E-state index is 13.8. The smallest absolute Gasteiger partial charge is 0.253 e. The monoisotopic (exact) mass is 371 g/mol. The highest BCUT2D eigenvalue weighted by atomic mass is 19.1. The van der Waals surface area contributed by atoms with E-state index in [1.165, 1.54) is 25.5 Å². The molecule has 9 heteroatoms. The van der Waals surface area contributed by atoms with E-state index < -0.39 is 5.82 Å². The van der Waals surface area contributed by atoms with Gasteiger partial charge in [-0.05, 0) is 12.1 Å². The first kappa shape index (κ1) is 18.2. The Labute approximate surface area is 153 Å². The van der Waals surface area contributed by atoms with Gasteiger partial charge in [-0.1, -0.05) is 23.4 Å². The van der Waals surface area contributed by atoms with Crippen LogP contribution in [0.4, 0.5) is 8.78 Å². The number of ether oxygens (including phenoxy) is 1. The summed E-state index contributed by atoms with van der Waals surface area (Å²) in [7, 11) is 1.27. The molecular formula is C18H15F2N5O2. The largest absolute Gasteiger partial charge is 0.479 e. The number of hydrogen-bond acceptors (Lipinski definition) is 7. The minimum Gasteiger partial charge on any atom is -0.479 e. The van der Waals surface area contributed by atoms with Gasteiger partial charge in [0.1, 0.15) is 23.5 Å². The molecule has 138 valence electrons. The predicted octanol–water partition coefficient (Wildman–Crippen LogP) is 2.95. The molecule has 2 N–H and O–H groups in total. The molecule has 0 unspecified atom stereocenters. The quantitative estimate of drug-likeness (QED) is 0.620. The molecule has 0 bridgehead atoms. The number of halogens is 2. The molecular weight excluding hydrogens is 356 g/mol. The summed E-state index contributed by atoms with van der Waals surface area (Å²) in [6.07, 6.45) is 3.69. The number of allylic oxidation sites excluding steroid dienone is 1. The van der Waals surface area contributed by atoms with Crippen molar-refractivity contribution in [3.63, 3.8) is 0 Å². The normalized spacial score (nSPS) is 11.3. The molecule has 0 aliphatic heterocycles. The Balaban J connectivity index is 1.87. The second-order valence-electron chi connectivity index (χ2n) is 5.35. The Morgan fingerprint density at radius 1 is 1.26 bits per heavy atom. The van der Waals surface area contributed by atoms with Crippen LogP contribution >= 0.6 is 0 Å². The minimum absolute atomic E-state index is 0.0399. The molecule has 0 atom stereocenters. The number of aromatic nitrogens is 3. The standard InChI is InChI=1S/C18H15F2N5O2/c1-26-18-13(20)10-23-17(24-18)14(21)8-16(15-6-7-27-25-15)22-9-11-4-2-3-5-12(11)19/h2-8,10,21-22H,9H2,1H3/b16-8-,21-14?. The molecule has 0 aliphatic carbocycles. The number of nitrogens with one attached hydrogen (secondary N) is 2. The van der Waals surface area contributed by atoms with Crippen molar-refractivity contribution in [2.24, 2.45) is 0 Å². The van der Waals surface area contributed by atoms with Crippen LogP contribution in [0.15, 0.2) is 53.4 Å². The number of benzene rings is 1. The van der Waals surface area contributed by atoms with Crippen molar-refractivity contribution in [3.8, 4) is 5.88 Å². The lowest BCUT2D eigenvalue weighted by atomic mass is 10.2. The van der Waals surface area contributed by atoms with Crippen LogP contribution in [-0.2, 0) is 6.54 Å². The van der Waals surface area contributed by atoms with Gasteiger partial charge in [0.15, 0.2) is 5.82 Å². The Kier molecular flexibility index (Phi) is 5.50.